The molecule has 4 rings (SSSR count). The summed E-state index contributed by atoms with van der Waals surface area (Å²) in [6.07, 6.45) is 10.7. The van der Waals surface area contributed by atoms with Gasteiger partial charge in [0.05, 0.1) is 13.1 Å². The average Bonchev–Trinajstić information content (AvgIpc) is 2.41. The first-order chi connectivity index (χ1) is 8.84. The molecule has 1 unspecified atom stereocenters. The number of carbonyl (C=O) groups is 1. The molecule has 0 aliphatic carbocycles. The Morgan fingerprint density at radius 2 is 2.00 bits per heavy atom. The summed E-state index contributed by atoms with van der Waals surface area (Å²) in [4.78, 5) is 16.1. The lowest BCUT2D eigenvalue weighted by atomic mass is 9.72. The number of hydrogen-bond donors (Lipinski definition) is 1. The van der Waals surface area contributed by atoms with Gasteiger partial charge in [-0.05, 0) is 32.1 Å². The molecule has 3 heteroatoms. The zero-order chi connectivity index (χ0) is 12.1. The minimum atomic E-state index is 0.384. The summed E-state index contributed by atoms with van der Waals surface area (Å²) in [5.74, 6) is 1.15. The van der Waals surface area contributed by atoms with Crippen LogP contribution in [0.1, 0.15) is 44.9 Å². The van der Waals surface area contributed by atoms with Crippen LogP contribution in [0.3, 0.4) is 0 Å². The fraction of sp³-hybridized carbons (Fsp3) is 0.800. The molecular formula is C15H23N2O+. The number of fused-ring (bicyclic) bond motifs is 2. The Labute approximate surface area is 109 Å². The molecule has 0 saturated carbocycles. The van der Waals surface area contributed by atoms with Gasteiger partial charge in [-0.3, -0.25) is 4.79 Å². The Hall–Kier alpha value is -0.830. The van der Waals surface area contributed by atoms with Gasteiger partial charge < -0.3 is 9.80 Å². The van der Waals surface area contributed by atoms with Crippen molar-refractivity contribution in [3.63, 3.8) is 0 Å². The van der Waals surface area contributed by atoms with Crippen LogP contribution in [-0.4, -0.2) is 36.0 Å². The predicted octanol–water partition coefficient (Wildman–Crippen LogP) is 0.722. The maximum atomic E-state index is 12.1. The van der Waals surface area contributed by atoms with Gasteiger partial charge in [-0.1, -0.05) is 0 Å². The predicted molar refractivity (Wildman–Crippen MR) is 69.0 cm³/mol. The van der Waals surface area contributed by atoms with E-state index in [2.05, 4.69) is 11.1 Å². The van der Waals surface area contributed by atoms with E-state index in [1.54, 1.807) is 5.57 Å². The molecule has 4 aliphatic heterocycles. The van der Waals surface area contributed by atoms with Crippen molar-refractivity contribution in [1.29, 1.82) is 0 Å². The van der Waals surface area contributed by atoms with Crippen LogP contribution in [-0.2, 0) is 4.79 Å². The molecule has 4 atom stereocenters. The average molecular weight is 247 g/mol. The van der Waals surface area contributed by atoms with E-state index in [1.807, 2.05) is 4.90 Å². The summed E-state index contributed by atoms with van der Waals surface area (Å²) in [6, 6.07) is 1.30. The number of nitrogens with zero attached hydrogens (tertiary/aromatic N) is 1. The summed E-state index contributed by atoms with van der Waals surface area (Å²) in [5, 5.41) is 0. The molecule has 0 aromatic rings. The van der Waals surface area contributed by atoms with Gasteiger partial charge in [-0.25, -0.2) is 0 Å². The van der Waals surface area contributed by atoms with Crippen molar-refractivity contribution in [2.75, 3.05) is 13.1 Å². The quantitative estimate of drug-likeness (QED) is 0.670. The summed E-state index contributed by atoms with van der Waals surface area (Å²) >= 11 is 0. The van der Waals surface area contributed by atoms with Crippen LogP contribution in [0.5, 0.6) is 0 Å². The molecule has 1 N–H and O–H groups in total. The van der Waals surface area contributed by atoms with E-state index in [0.29, 0.717) is 11.9 Å². The molecule has 4 aliphatic rings. The third kappa shape index (κ3) is 1.49. The fourth-order valence-electron chi connectivity index (χ4n) is 4.92. The van der Waals surface area contributed by atoms with Crippen molar-refractivity contribution in [2.24, 2.45) is 5.92 Å². The molecule has 98 valence electrons. The Bertz CT molecular complexity index is 401. The lowest BCUT2D eigenvalue weighted by Crippen LogP contribution is -3.19. The summed E-state index contributed by atoms with van der Waals surface area (Å²) in [7, 11) is 0. The number of rotatable bonds is 0. The topological polar surface area (TPSA) is 24.8 Å². The fourth-order valence-corrected chi connectivity index (χ4v) is 4.92. The van der Waals surface area contributed by atoms with Gasteiger partial charge in [0.25, 0.3) is 0 Å². The molecule has 0 aromatic heterocycles. The van der Waals surface area contributed by atoms with E-state index in [9.17, 15) is 4.79 Å². The highest BCUT2D eigenvalue weighted by molar-refractivity contribution is 5.78. The van der Waals surface area contributed by atoms with Gasteiger partial charge in [0, 0.05) is 36.6 Å². The van der Waals surface area contributed by atoms with E-state index in [-0.39, 0.29) is 0 Å². The molecule has 0 radical (unpaired) electrons. The first-order valence-corrected chi connectivity index (χ1v) is 7.71. The Morgan fingerprint density at radius 1 is 1.11 bits per heavy atom. The van der Waals surface area contributed by atoms with Crippen LogP contribution in [0.15, 0.2) is 11.8 Å². The molecule has 0 aromatic carbocycles. The maximum absolute atomic E-state index is 12.1. The van der Waals surface area contributed by atoms with Crippen LogP contribution < -0.4 is 4.90 Å². The number of nitrogens with one attached hydrogen (secondary N) is 1. The van der Waals surface area contributed by atoms with Gasteiger partial charge in [-0.2, -0.15) is 0 Å². The van der Waals surface area contributed by atoms with Crippen molar-refractivity contribution in [3.05, 3.63) is 11.8 Å². The van der Waals surface area contributed by atoms with E-state index >= 15 is 0 Å². The molecule has 0 spiro atoms. The standard InChI is InChI=1S/C15H22N2O/c18-14-7-1-6-13-12-5-3-9-16-8-2-4-11(15(12)16)10-17(13)14/h10,12-13,15H,1-9H2/p+1/t12-,13-,15+/m0/s1. The number of piperidine rings is 3. The second-order valence-electron chi connectivity index (χ2n) is 6.51. The van der Waals surface area contributed by atoms with Crippen molar-refractivity contribution >= 4 is 5.91 Å². The van der Waals surface area contributed by atoms with Gasteiger partial charge in [0.2, 0.25) is 5.91 Å². The smallest absolute Gasteiger partial charge is 0.226 e. The minimum absolute atomic E-state index is 0.384. The number of carbonyl (C=O) groups excluding carboxylic acids is 1. The van der Waals surface area contributed by atoms with Gasteiger partial charge in [-0.15, -0.1) is 0 Å². The molecule has 4 heterocycles. The molecule has 0 bridgehead atoms. The van der Waals surface area contributed by atoms with Crippen molar-refractivity contribution in [3.8, 4) is 0 Å². The largest absolute Gasteiger partial charge is 0.329 e. The molecular weight excluding hydrogens is 224 g/mol. The van der Waals surface area contributed by atoms with Crippen LogP contribution in [0.4, 0.5) is 0 Å². The second-order valence-corrected chi connectivity index (χ2v) is 6.51. The summed E-state index contributed by atoms with van der Waals surface area (Å²) in [5.41, 5.74) is 1.59. The monoisotopic (exact) mass is 247 g/mol. The lowest BCUT2D eigenvalue weighted by molar-refractivity contribution is -0.933. The van der Waals surface area contributed by atoms with Gasteiger partial charge >= 0.3 is 0 Å². The SMILES string of the molecule is O=C1CCC[C@H]2[C@@H]3CCC[NH+]4CCCC(=CN12)[C@H]34. The Balaban J connectivity index is 1.74. The zero-order valence-corrected chi connectivity index (χ0v) is 11.0. The number of quaternary nitrogens is 1. The highest BCUT2D eigenvalue weighted by Crippen LogP contribution is 2.38. The third-order valence-corrected chi connectivity index (χ3v) is 5.60. The Morgan fingerprint density at radius 3 is 2.94 bits per heavy atom. The van der Waals surface area contributed by atoms with E-state index < -0.39 is 0 Å². The highest BCUT2D eigenvalue weighted by Gasteiger charge is 2.49. The zero-order valence-electron chi connectivity index (χ0n) is 11.0. The van der Waals surface area contributed by atoms with E-state index in [0.717, 1.165) is 24.8 Å². The summed E-state index contributed by atoms with van der Waals surface area (Å²) in [6.45, 7) is 2.72. The molecule has 3 saturated heterocycles. The molecule has 3 nitrogen and oxygen atoms in total. The first-order valence-electron chi connectivity index (χ1n) is 7.71. The third-order valence-electron chi connectivity index (χ3n) is 5.60. The Kier molecular flexibility index (Phi) is 2.51. The van der Waals surface area contributed by atoms with Crippen molar-refractivity contribution in [2.45, 2.75) is 57.0 Å². The highest BCUT2D eigenvalue weighted by atomic mass is 16.2. The van der Waals surface area contributed by atoms with Gasteiger partial charge in [0.15, 0.2) is 0 Å². The van der Waals surface area contributed by atoms with Crippen LogP contribution >= 0.6 is 0 Å². The van der Waals surface area contributed by atoms with E-state index in [1.165, 1.54) is 45.2 Å². The van der Waals surface area contributed by atoms with Crippen LogP contribution in [0.2, 0.25) is 0 Å². The maximum Gasteiger partial charge on any atom is 0.226 e. The second kappa shape index (κ2) is 4.09. The van der Waals surface area contributed by atoms with Crippen molar-refractivity contribution in [1.82, 2.24) is 4.90 Å². The van der Waals surface area contributed by atoms with Crippen LogP contribution in [0, 0.1) is 5.92 Å². The summed E-state index contributed by atoms with van der Waals surface area (Å²) < 4.78 is 0. The molecule has 18 heavy (non-hydrogen) atoms. The number of amides is 1. The first kappa shape index (κ1) is 11.0. The minimum Gasteiger partial charge on any atom is -0.329 e. The normalized spacial score (nSPS) is 43.0. The lowest BCUT2D eigenvalue weighted by Gasteiger charge is -2.52. The van der Waals surface area contributed by atoms with Crippen LogP contribution in [0.25, 0.3) is 0 Å². The van der Waals surface area contributed by atoms with Crippen molar-refractivity contribution < 1.29 is 9.69 Å². The van der Waals surface area contributed by atoms with Gasteiger partial charge in [0.1, 0.15) is 6.04 Å². The number of hydrogen-bond acceptors (Lipinski definition) is 1. The molecule has 3 fully saturated rings. The van der Waals surface area contributed by atoms with E-state index in [4.69, 9.17) is 0 Å². The molecule has 1 amide bonds.